The molecule has 26 heavy (non-hydrogen) atoms. The summed E-state index contributed by atoms with van der Waals surface area (Å²) in [5.41, 5.74) is 0. The summed E-state index contributed by atoms with van der Waals surface area (Å²) in [7, 11) is -1.76. The predicted molar refractivity (Wildman–Crippen MR) is 98.4 cm³/mol. The number of nitrogens with zero attached hydrogens (tertiary/aromatic N) is 5. The van der Waals surface area contributed by atoms with Crippen LogP contribution < -0.4 is 4.90 Å². The first kappa shape index (κ1) is 20.5. The van der Waals surface area contributed by atoms with Gasteiger partial charge in [0.25, 0.3) is 0 Å². The third-order valence-electron chi connectivity index (χ3n) is 4.27. The van der Waals surface area contributed by atoms with Gasteiger partial charge in [0, 0.05) is 71.8 Å². The van der Waals surface area contributed by atoms with Crippen molar-refractivity contribution in [3.8, 4) is 0 Å². The molecular formula is C16H27N5O4S. The lowest BCUT2D eigenvalue weighted by Crippen LogP contribution is -2.49. The van der Waals surface area contributed by atoms with Crippen molar-refractivity contribution in [3.63, 3.8) is 0 Å². The van der Waals surface area contributed by atoms with Gasteiger partial charge in [-0.25, -0.2) is 22.7 Å². The number of rotatable bonds is 9. The van der Waals surface area contributed by atoms with Crippen LogP contribution in [0.1, 0.15) is 12.8 Å². The molecule has 0 spiro atoms. The summed E-state index contributed by atoms with van der Waals surface area (Å²) in [5, 5.41) is 0. The Balaban J connectivity index is 1.80. The summed E-state index contributed by atoms with van der Waals surface area (Å²) in [6.07, 6.45) is 5.35. The quantitative estimate of drug-likeness (QED) is 0.544. The van der Waals surface area contributed by atoms with Crippen molar-refractivity contribution in [2.75, 3.05) is 64.1 Å². The van der Waals surface area contributed by atoms with E-state index < -0.39 is 10.0 Å². The van der Waals surface area contributed by atoms with Crippen LogP contribution in [0.25, 0.3) is 0 Å². The summed E-state index contributed by atoms with van der Waals surface area (Å²) < 4.78 is 30.0. The first-order valence-electron chi connectivity index (χ1n) is 8.65. The van der Waals surface area contributed by atoms with Crippen molar-refractivity contribution in [2.24, 2.45) is 0 Å². The molecule has 0 aromatic carbocycles. The van der Waals surface area contributed by atoms with Gasteiger partial charge in [0.2, 0.25) is 21.9 Å². The fourth-order valence-electron chi connectivity index (χ4n) is 2.82. The van der Waals surface area contributed by atoms with Gasteiger partial charge >= 0.3 is 0 Å². The first-order valence-corrected chi connectivity index (χ1v) is 10.5. The highest BCUT2D eigenvalue weighted by Gasteiger charge is 2.24. The van der Waals surface area contributed by atoms with Crippen molar-refractivity contribution in [2.45, 2.75) is 12.8 Å². The van der Waals surface area contributed by atoms with E-state index in [4.69, 9.17) is 4.74 Å². The molecule has 1 fully saturated rings. The van der Waals surface area contributed by atoms with Crippen LogP contribution in [0.3, 0.4) is 0 Å². The van der Waals surface area contributed by atoms with E-state index in [2.05, 4.69) is 9.97 Å². The van der Waals surface area contributed by atoms with Crippen molar-refractivity contribution in [1.29, 1.82) is 0 Å². The zero-order chi connectivity index (χ0) is 19.0. The van der Waals surface area contributed by atoms with Gasteiger partial charge in [-0.05, 0) is 12.5 Å². The van der Waals surface area contributed by atoms with E-state index in [1.54, 1.807) is 30.5 Å². The lowest BCUT2D eigenvalue weighted by molar-refractivity contribution is -0.131. The number of sulfonamides is 1. The van der Waals surface area contributed by atoms with E-state index in [9.17, 15) is 13.2 Å². The summed E-state index contributed by atoms with van der Waals surface area (Å²) in [6, 6.07) is 1.77. The molecule has 1 amide bonds. The SMILES string of the molecule is COCCCN(CCC(=O)N1CCN(c2ncccn2)CC1)S(C)(=O)=O. The third kappa shape index (κ3) is 6.19. The average Bonchev–Trinajstić information content (AvgIpc) is 2.64. The van der Waals surface area contributed by atoms with Crippen molar-refractivity contribution in [1.82, 2.24) is 19.2 Å². The number of amides is 1. The number of hydrogen-bond acceptors (Lipinski definition) is 7. The maximum Gasteiger partial charge on any atom is 0.225 e. The molecule has 1 saturated heterocycles. The molecule has 0 aliphatic carbocycles. The number of ether oxygens (including phenoxy) is 1. The summed E-state index contributed by atoms with van der Waals surface area (Å²) >= 11 is 0. The van der Waals surface area contributed by atoms with E-state index in [-0.39, 0.29) is 18.9 Å². The van der Waals surface area contributed by atoms with Crippen LogP contribution in [0.4, 0.5) is 5.95 Å². The van der Waals surface area contributed by atoms with Crippen LogP contribution >= 0.6 is 0 Å². The minimum Gasteiger partial charge on any atom is -0.385 e. The average molecular weight is 385 g/mol. The second kappa shape index (κ2) is 9.79. The Labute approximate surface area is 155 Å². The highest BCUT2D eigenvalue weighted by atomic mass is 32.2. The molecule has 2 rings (SSSR count). The molecule has 0 saturated carbocycles. The lowest BCUT2D eigenvalue weighted by Gasteiger charge is -2.35. The Hall–Kier alpha value is -1.78. The fraction of sp³-hybridized carbons (Fsp3) is 0.688. The Kier molecular flexibility index (Phi) is 7.73. The zero-order valence-electron chi connectivity index (χ0n) is 15.4. The molecule has 10 heteroatoms. The smallest absolute Gasteiger partial charge is 0.225 e. The first-order chi connectivity index (χ1) is 12.4. The van der Waals surface area contributed by atoms with Crippen LogP contribution in [-0.4, -0.2) is 92.7 Å². The van der Waals surface area contributed by atoms with Gasteiger partial charge in [0.1, 0.15) is 0 Å². The predicted octanol–water partition coefficient (Wildman–Crippen LogP) is -0.187. The van der Waals surface area contributed by atoms with Crippen LogP contribution in [0, 0.1) is 0 Å². The minimum absolute atomic E-state index is 0.0287. The molecule has 0 N–H and O–H groups in total. The summed E-state index contributed by atoms with van der Waals surface area (Å²) in [5.74, 6) is 0.639. The maximum atomic E-state index is 12.4. The Morgan fingerprint density at radius 1 is 1.19 bits per heavy atom. The van der Waals surface area contributed by atoms with E-state index in [1.165, 1.54) is 10.6 Å². The van der Waals surface area contributed by atoms with Crippen molar-refractivity contribution < 1.29 is 17.9 Å². The van der Waals surface area contributed by atoms with Crippen LogP contribution in [-0.2, 0) is 19.6 Å². The lowest BCUT2D eigenvalue weighted by atomic mass is 10.2. The largest absolute Gasteiger partial charge is 0.385 e. The molecule has 1 aliphatic rings. The van der Waals surface area contributed by atoms with E-state index in [0.29, 0.717) is 51.7 Å². The molecule has 146 valence electrons. The number of anilines is 1. The van der Waals surface area contributed by atoms with Crippen LogP contribution in [0.15, 0.2) is 18.5 Å². The Morgan fingerprint density at radius 2 is 1.85 bits per heavy atom. The second-order valence-electron chi connectivity index (χ2n) is 6.18. The standard InChI is InChI=1S/C16H27N5O4S/c1-25-14-4-8-21(26(2,23)24)9-5-15(22)19-10-12-20(13-11-19)16-17-6-3-7-18-16/h3,6-7H,4-5,8-14H2,1-2H3. The molecule has 0 unspecified atom stereocenters. The fourth-order valence-corrected chi connectivity index (χ4v) is 3.70. The van der Waals surface area contributed by atoms with Gasteiger partial charge in [-0.15, -0.1) is 0 Å². The van der Waals surface area contributed by atoms with Gasteiger partial charge in [0.15, 0.2) is 0 Å². The van der Waals surface area contributed by atoms with Crippen molar-refractivity contribution >= 4 is 21.9 Å². The Morgan fingerprint density at radius 3 is 2.42 bits per heavy atom. The van der Waals surface area contributed by atoms with Crippen LogP contribution in [0.5, 0.6) is 0 Å². The molecule has 9 nitrogen and oxygen atoms in total. The van der Waals surface area contributed by atoms with Gasteiger partial charge < -0.3 is 14.5 Å². The normalized spacial score (nSPS) is 15.5. The number of hydrogen-bond donors (Lipinski definition) is 0. The number of carbonyl (C=O) groups is 1. The minimum atomic E-state index is -3.33. The van der Waals surface area contributed by atoms with Gasteiger partial charge in [-0.1, -0.05) is 0 Å². The monoisotopic (exact) mass is 385 g/mol. The number of piperazine rings is 1. The van der Waals surface area contributed by atoms with E-state index >= 15 is 0 Å². The van der Waals surface area contributed by atoms with E-state index in [1.807, 2.05) is 4.90 Å². The van der Waals surface area contributed by atoms with Gasteiger partial charge in [0.05, 0.1) is 6.26 Å². The zero-order valence-corrected chi connectivity index (χ0v) is 16.2. The topological polar surface area (TPSA) is 95.9 Å². The molecule has 0 bridgehead atoms. The third-order valence-corrected chi connectivity index (χ3v) is 5.57. The molecule has 0 atom stereocenters. The van der Waals surface area contributed by atoms with Gasteiger partial charge in [-0.3, -0.25) is 4.79 Å². The van der Waals surface area contributed by atoms with Crippen molar-refractivity contribution in [3.05, 3.63) is 18.5 Å². The number of aromatic nitrogens is 2. The Bertz CT molecular complexity index is 662. The van der Waals surface area contributed by atoms with E-state index in [0.717, 1.165) is 0 Å². The summed E-state index contributed by atoms with van der Waals surface area (Å²) in [4.78, 5) is 24.7. The highest BCUT2D eigenvalue weighted by molar-refractivity contribution is 7.88. The number of carbonyl (C=O) groups excluding carboxylic acids is 1. The molecule has 0 radical (unpaired) electrons. The molecular weight excluding hydrogens is 358 g/mol. The second-order valence-corrected chi connectivity index (χ2v) is 8.16. The molecule has 2 heterocycles. The molecule has 1 aromatic rings. The maximum absolute atomic E-state index is 12.4. The van der Waals surface area contributed by atoms with Gasteiger partial charge in [-0.2, -0.15) is 0 Å². The highest BCUT2D eigenvalue weighted by Crippen LogP contribution is 2.11. The summed E-state index contributed by atoms with van der Waals surface area (Å²) in [6.45, 7) is 3.55. The molecule has 1 aliphatic heterocycles. The number of methoxy groups -OCH3 is 1. The van der Waals surface area contributed by atoms with Crippen LogP contribution in [0.2, 0.25) is 0 Å². The molecule has 1 aromatic heterocycles.